The van der Waals surface area contributed by atoms with E-state index in [-0.39, 0.29) is 17.8 Å². The van der Waals surface area contributed by atoms with Crippen molar-refractivity contribution in [2.45, 2.75) is 54.5 Å². The molecule has 2 bridgehead atoms. The van der Waals surface area contributed by atoms with Crippen molar-refractivity contribution in [2.75, 3.05) is 0 Å². The molecule has 4 aromatic rings. The Kier molecular flexibility index (Phi) is 6.81. The molecule has 192 valence electrons. The number of hydrogen-bond donors (Lipinski definition) is 0. The summed E-state index contributed by atoms with van der Waals surface area (Å²) in [4.78, 5) is 18.5. The zero-order chi connectivity index (χ0) is 26.9. The summed E-state index contributed by atoms with van der Waals surface area (Å²) in [5.74, 6) is -0.199. The van der Waals surface area contributed by atoms with Crippen LogP contribution in [0.3, 0.4) is 0 Å². The molecule has 0 spiro atoms. The number of nitrogens with zero attached hydrogens (tertiary/aromatic N) is 4. The molecule has 4 atom stereocenters. The number of benzene rings is 3. The van der Waals surface area contributed by atoms with E-state index in [9.17, 15) is 15.3 Å². The molecular formula is C33H28N4OS. The molecule has 1 aromatic heterocycles. The maximum absolute atomic E-state index is 12.5. The van der Waals surface area contributed by atoms with Gasteiger partial charge in [0.15, 0.2) is 6.29 Å². The minimum Gasteiger partial charge on any atom is -0.320 e. The predicted molar refractivity (Wildman–Crippen MR) is 151 cm³/mol. The van der Waals surface area contributed by atoms with Crippen LogP contribution in [0.25, 0.3) is 0 Å². The first-order chi connectivity index (χ1) is 19.2. The van der Waals surface area contributed by atoms with Crippen LogP contribution < -0.4 is 0 Å². The van der Waals surface area contributed by atoms with E-state index in [2.05, 4.69) is 54.0 Å². The summed E-state index contributed by atoms with van der Waals surface area (Å²) in [6.07, 6.45) is 3.73. The Morgan fingerprint density at radius 1 is 0.897 bits per heavy atom. The second-order valence-corrected chi connectivity index (χ2v) is 11.3. The average molecular weight is 529 g/mol. The van der Waals surface area contributed by atoms with Gasteiger partial charge in [-0.05, 0) is 46.4 Å². The van der Waals surface area contributed by atoms with Crippen LogP contribution in [0, 0.1) is 34.5 Å². The molecule has 0 saturated heterocycles. The van der Waals surface area contributed by atoms with Crippen LogP contribution in [0.4, 0.5) is 0 Å². The summed E-state index contributed by atoms with van der Waals surface area (Å²) in [5.41, 5.74) is 6.25. The average Bonchev–Trinajstić information content (AvgIpc) is 3.31. The third-order valence-corrected chi connectivity index (χ3v) is 9.15. The van der Waals surface area contributed by atoms with E-state index in [1.807, 2.05) is 42.5 Å². The van der Waals surface area contributed by atoms with Gasteiger partial charge in [0.2, 0.25) is 0 Å². The van der Waals surface area contributed by atoms with Crippen molar-refractivity contribution in [3.63, 3.8) is 0 Å². The standard InChI is InChI=1S/C33H28N4OS/c1-2-3-16-29-36-33(39-22-11-5-4-6-12-22)28(20-38)37(29)19-21-10-9-15-25-30(21)32-24-14-8-7-13-23(24)31(25)26(17-34)27(32)18-35/h4-15,20,26-27,31-32H,2-3,16,19H2,1H3/t26-,27-,31+,32-/m0/s1. The minimum absolute atomic E-state index is 0.132. The van der Waals surface area contributed by atoms with Gasteiger partial charge in [-0.2, -0.15) is 10.5 Å². The number of fused-ring (bicyclic) bond motifs is 1. The zero-order valence-corrected chi connectivity index (χ0v) is 22.6. The monoisotopic (exact) mass is 528 g/mol. The molecule has 3 aliphatic rings. The van der Waals surface area contributed by atoms with Crippen molar-refractivity contribution in [1.82, 2.24) is 9.55 Å². The molecule has 3 aromatic carbocycles. The Morgan fingerprint density at radius 2 is 1.56 bits per heavy atom. The number of nitriles is 2. The highest BCUT2D eigenvalue weighted by Gasteiger charge is 2.51. The normalized spacial score (nSPS) is 20.5. The number of rotatable bonds is 8. The van der Waals surface area contributed by atoms with Crippen LogP contribution in [-0.4, -0.2) is 15.8 Å². The van der Waals surface area contributed by atoms with Crippen LogP contribution in [0.1, 0.15) is 75.7 Å². The van der Waals surface area contributed by atoms with Crippen molar-refractivity contribution in [1.29, 1.82) is 10.5 Å². The highest BCUT2D eigenvalue weighted by Crippen LogP contribution is 2.58. The number of aromatic nitrogens is 2. The first kappa shape index (κ1) is 25.2. The fourth-order valence-electron chi connectivity index (χ4n) is 6.46. The molecule has 3 aliphatic carbocycles. The third kappa shape index (κ3) is 4.17. The Balaban J connectivity index is 1.48. The molecule has 5 nitrogen and oxygen atoms in total. The topological polar surface area (TPSA) is 82.5 Å². The van der Waals surface area contributed by atoms with Crippen molar-refractivity contribution in [3.8, 4) is 12.1 Å². The first-order valence-corrected chi connectivity index (χ1v) is 14.3. The molecule has 39 heavy (non-hydrogen) atoms. The molecular weight excluding hydrogens is 500 g/mol. The SMILES string of the molecule is CCCCc1nc(Sc2ccccc2)c(C=O)n1Cc1cccc2c1[C@H]1c3ccccc3[C@H]2[C@@H](C#N)[C@@H]1C#N. The lowest BCUT2D eigenvalue weighted by Crippen LogP contribution is -2.39. The van der Waals surface area contributed by atoms with Gasteiger partial charge in [0.05, 0.1) is 24.0 Å². The van der Waals surface area contributed by atoms with E-state index in [0.29, 0.717) is 12.2 Å². The lowest BCUT2D eigenvalue weighted by Gasteiger charge is -2.46. The van der Waals surface area contributed by atoms with Crippen LogP contribution >= 0.6 is 11.8 Å². The number of carbonyl (C=O) groups excluding carboxylic acids is 1. The van der Waals surface area contributed by atoms with Crippen LogP contribution in [-0.2, 0) is 13.0 Å². The molecule has 0 radical (unpaired) electrons. The lowest BCUT2D eigenvalue weighted by atomic mass is 9.54. The Morgan fingerprint density at radius 3 is 2.26 bits per heavy atom. The maximum Gasteiger partial charge on any atom is 0.169 e. The number of unbranched alkanes of at least 4 members (excludes halogenated alkanes) is 1. The summed E-state index contributed by atoms with van der Waals surface area (Å²) in [6, 6.07) is 29.5. The van der Waals surface area contributed by atoms with E-state index in [1.165, 1.54) is 11.8 Å². The number of hydrogen-bond acceptors (Lipinski definition) is 5. The molecule has 0 saturated carbocycles. The lowest BCUT2D eigenvalue weighted by molar-refractivity contribution is 0.111. The molecule has 6 heteroatoms. The van der Waals surface area contributed by atoms with Gasteiger partial charge in [-0.1, -0.05) is 85.8 Å². The van der Waals surface area contributed by atoms with Crippen molar-refractivity contribution < 1.29 is 4.79 Å². The summed E-state index contributed by atoms with van der Waals surface area (Å²) in [5, 5.41) is 21.1. The molecule has 0 fully saturated rings. The fourth-order valence-corrected chi connectivity index (χ4v) is 7.39. The summed E-state index contributed by atoms with van der Waals surface area (Å²) >= 11 is 1.51. The van der Waals surface area contributed by atoms with Crippen molar-refractivity contribution in [3.05, 3.63) is 112 Å². The van der Waals surface area contributed by atoms with E-state index < -0.39 is 5.92 Å². The highest BCUT2D eigenvalue weighted by atomic mass is 32.2. The van der Waals surface area contributed by atoms with Gasteiger partial charge < -0.3 is 4.57 Å². The van der Waals surface area contributed by atoms with Gasteiger partial charge >= 0.3 is 0 Å². The van der Waals surface area contributed by atoms with E-state index >= 15 is 0 Å². The van der Waals surface area contributed by atoms with E-state index in [0.717, 1.165) is 69.1 Å². The van der Waals surface area contributed by atoms with E-state index in [4.69, 9.17) is 4.98 Å². The van der Waals surface area contributed by atoms with Gasteiger partial charge in [0, 0.05) is 29.7 Å². The van der Waals surface area contributed by atoms with Gasteiger partial charge in [-0.25, -0.2) is 4.98 Å². The molecule has 0 aliphatic heterocycles. The second-order valence-electron chi connectivity index (χ2n) is 10.3. The number of aldehydes is 1. The van der Waals surface area contributed by atoms with Gasteiger partial charge in [-0.15, -0.1) is 0 Å². The molecule has 1 heterocycles. The van der Waals surface area contributed by atoms with Crippen LogP contribution in [0.15, 0.2) is 82.7 Å². The highest BCUT2D eigenvalue weighted by molar-refractivity contribution is 7.99. The van der Waals surface area contributed by atoms with Gasteiger partial charge in [-0.3, -0.25) is 4.79 Å². The Bertz CT molecular complexity index is 1630. The maximum atomic E-state index is 12.5. The molecule has 0 N–H and O–H groups in total. The quantitative estimate of drug-likeness (QED) is 0.228. The van der Waals surface area contributed by atoms with Crippen molar-refractivity contribution in [2.24, 2.45) is 11.8 Å². The Labute approximate surface area is 233 Å². The molecule has 0 amide bonds. The summed E-state index contributed by atoms with van der Waals surface area (Å²) in [6.45, 7) is 2.66. The smallest absolute Gasteiger partial charge is 0.169 e. The number of carbonyl (C=O) groups is 1. The van der Waals surface area contributed by atoms with Crippen LogP contribution in [0.2, 0.25) is 0 Å². The zero-order valence-electron chi connectivity index (χ0n) is 21.7. The Hall–Kier alpha value is -4.13. The predicted octanol–water partition coefficient (Wildman–Crippen LogP) is 7.11. The second kappa shape index (κ2) is 10.6. The first-order valence-electron chi connectivity index (χ1n) is 13.5. The number of imidazole rings is 1. The molecule has 0 unspecified atom stereocenters. The van der Waals surface area contributed by atoms with E-state index in [1.54, 1.807) is 0 Å². The summed E-state index contributed by atoms with van der Waals surface area (Å²) < 4.78 is 2.07. The minimum atomic E-state index is -0.416. The number of aryl methyl sites for hydroxylation is 1. The van der Waals surface area contributed by atoms with Gasteiger partial charge in [0.25, 0.3) is 0 Å². The largest absolute Gasteiger partial charge is 0.320 e. The third-order valence-electron chi connectivity index (χ3n) is 8.15. The molecule has 7 rings (SSSR count). The van der Waals surface area contributed by atoms with Crippen molar-refractivity contribution >= 4 is 18.0 Å². The van der Waals surface area contributed by atoms with Gasteiger partial charge in [0.1, 0.15) is 16.5 Å². The summed E-state index contributed by atoms with van der Waals surface area (Å²) in [7, 11) is 0. The van der Waals surface area contributed by atoms with Crippen LogP contribution in [0.5, 0.6) is 0 Å². The fraction of sp³-hybridized carbons (Fsp3) is 0.273.